The summed E-state index contributed by atoms with van der Waals surface area (Å²) in [5.41, 5.74) is 6.35. The fourth-order valence-electron chi connectivity index (χ4n) is 0.964. The molecule has 0 saturated heterocycles. The number of rotatable bonds is 8. The summed E-state index contributed by atoms with van der Waals surface area (Å²) in [5, 5.41) is 11.3. The maximum absolute atomic E-state index is 11.9. The predicted octanol–water partition coefficient (Wildman–Crippen LogP) is 1.23. The Bertz CT molecular complexity index is 259. The number of nitrogens with two attached hydrogens (primary N) is 1. The fourth-order valence-corrected chi connectivity index (χ4v) is 0.964. The van der Waals surface area contributed by atoms with E-state index in [0.29, 0.717) is 18.7 Å². The maximum Gasteiger partial charge on any atom is 0.320 e. The third kappa shape index (κ3) is 8.26. The van der Waals surface area contributed by atoms with Gasteiger partial charge in [-0.15, -0.1) is 12.4 Å². The van der Waals surface area contributed by atoms with Gasteiger partial charge in [0, 0.05) is 12.2 Å². The highest BCUT2D eigenvalue weighted by Crippen LogP contribution is 2.06. The Hall–Kier alpha value is -1.07. The third-order valence-electron chi connectivity index (χ3n) is 1.84. The molecule has 0 saturated carbocycles. The molecule has 0 aromatic carbocycles. The molecule has 1 unspecified atom stereocenters. The summed E-state index contributed by atoms with van der Waals surface area (Å²) in [7, 11) is 0. The standard InChI is InChI=1S/C10H17FN2O2.ClH/c1-7(5-9(12)10(14)15)3-4-13-8(2)6-11;/h9,13H,1-6,12H2,(H,14,15);1H. The smallest absolute Gasteiger partial charge is 0.320 e. The zero-order valence-electron chi connectivity index (χ0n) is 9.04. The van der Waals surface area contributed by atoms with Gasteiger partial charge in [-0.25, -0.2) is 4.39 Å². The van der Waals surface area contributed by atoms with Crippen LogP contribution in [0.5, 0.6) is 0 Å². The van der Waals surface area contributed by atoms with Gasteiger partial charge in [0.05, 0.1) is 0 Å². The second-order valence-electron chi connectivity index (χ2n) is 3.31. The highest BCUT2D eigenvalue weighted by molar-refractivity contribution is 5.85. The van der Waals surface area contributed by atoms with E-state index in [1.165, 1.54) is 0 Å². The zero-order chi connectivity index (χ0) is 11.8. The second-order valence-corrected chi connectivity index (χ2v) is 3.31. The van der Waals surface area contributed by atoms with Crippen molar-refractivity contribution < 1.29 is 14.3 Å². The number of halogens is 2. The van der Waals surface area contributed by atoms with E-state index in [0.717, 1.165) is 5.57 Å². The van der Waals surface area contributed by atoms with Crippen LogP contribution in [0.15, 0.2) is 24.4 Å². The Morgan fingerprint density at radius 1 is 1.50 bits per heavy atom. The van der Waals surface area contributed by atoms with Gasteiger partial charge in [0.25, 0.3) is 0 Å². The molecule has 0 heterocycles. The first-order valence-electron chi connectivity index (χ1n) is 4.60. The number of carboxylic acid groups (broad SMARTS) is 1. The van der Waals surface area contributed by atoms with E-state index >= 15 is 0 Å². The van der Waals surface area contributed by atoms with Gasteiger partial charge >= 0.3 is 5.97 Å². The van der Waals surface area contributed by atoms with Gasteiger partial charge in [-0.3, -0.25) is 4.79 Å². The minimum absolute atomic E-state index is 0. The van der Waals surface area contributed by atoms with Gasteiger partial charge in [0.2, 0.25) is 0 Å². The first-order chi connectivity index (χ1) is 6.97. The summed E-state index contributed by atoms with van der Waals surface area (Å²) in [5.74, 6) is -1.04. The summed E-state index contributed by atoms with van der Waals surface area (Å²) in [6.45, 7) is 7.00. The van der Waals surface area contributed by atoms with Gasteiger partial charge < -0.3 is 16.2 Å². The molecule has 0 aromatic rings. The Kier molecular flexibility index (Phi) is 9.94. The Labute approximate surface area is 101 Å². The summed E-state index contributed by atoms with van der Waals surface area (Å²) in [6.07, 6.45) is 0.791. The van der Waals surface area contributed by atoms with Gasteiger partial charge in [-0.1, -0.05) is 18.7 Å². The van der Waals surface area contributed by atoms with Crippen molar-refractivity contribution in [2.24, 2.45) is 5.73 Å². The van der Waals surface area contributed by atoms with E-state index in [4.69, 9.17) is 10.8 Å². The number of aliphatic carboxylic acids is 1. The number of allylic oxidation sites excluding steroid dienone is 1. The molecule has 94 valence electrons. The first-order valence-corrected chi connectivity index (χ1v) is 4.60. The number of alkyl halides is 1. The molecule has 6 heteroatoms. The molecule has 4 nitrogen and oxygen atoms in total. The van der Waals surface area contributed by atoms with Crippen LogP contribution in [0.1, 0.15) is 12.8 Å². The molecular weight excluding hydrogens is 235 g/mol. The van der Waals surface area contributed by atoms with E-state index < -0.39 is 18.7 Å². The van der Waals surface area contributed by atoms with Crippen molar-refractivity contribution in [2.45, 2.75) is 18.9 Å². The molecule has 0 amide bonds. The average Bonchev–Trinajstić information content (AvgIpc) is 2.17. The van der Waals surface area contributed by atoms with Crippen LogP contribution in [-0.2, 0) is 4.79 Å². The molecule has 0 aliphatic rings. The van der Waals surface area contributed by atoms with Crippen molar-refractivity contribution in [3.8, 4) is 0 Å². The van der Waals surface area contributed by atoms with Crippen LogP contribution in [0.25, 0.3) is 0 Å². The van der Waals surface area contributed by atoms with Crippen LogP contribution in [-0.4, -0.2) is 30.3 Å². The predicted molar refractivity (Wildman–Crippen MR) is 64.4 cm³/mol. The van der Waals surface area contributed by atoms with Crippen molar-refractivity contribution in [1.29, 1.82) is 0 Å². The lowest BCUT2D eigenvalue weighted by molar-refractivity contribution is -0.138. The summed E-state index contributed by atoms with van der Waals surface area (Å²) >= 11 is 0. The van der Waals surface area contributed by atoms with Crippen LogP contribution in [0, 0.1) is 0 Å². The van der Waals surface area contributed by atoms with Crippen molar-refractivity contribution in [1.82, 2.24) is 5.32 Å². The topological polar surface area (TPSA) is 75.3 Å². The molecule has 0 fully saturated rings. The van der Waals surface area contributed by atoms with Crippen LogP contribution in [0.4, 0.5) is 4.39 Å². The molecule has 0 bridgehead atoms. The quantitative estimate of drug-likeness (QED) is 0.568. The summed E-state index contributed by atoms with van der Waals surface area (Å²) < 4.78 is 11.9. The number of carboxylic acids is 1. The summed E-state index contributed by atoms with van der Waals surface area (Å²) in [6, 6.07) is -0.915. The second kappa shape index (κ2) is 9.18. The lowest BCUT2D eigenvalue weighted by atomic mass is 10.1. The van der Waals surface area contributed by atoms with Crippen molar-refractivity contribution in [2.75, 3.05) is 13.2 Å². The zero-order valence-corrected chi connectivity index (χ0v) is 9.86. The number of hydrogen-bond donors (Lipinski definition) is 3. The molecular formula is C10H18ClFN2O2. The molecule has 0 aliphatic heterocycles. The van der Waals surface area contributed by atoms with E-state index in [2.05, 4.69) is 18.5 Å². The van der Waals surface area contributed by atoms with Gasteiger partial charge in [-0.2, -0.15) is 0 Å². The Morgan fingerprint density at radius 3 is 2.50 bits per heavy atom. The number of carbonyl (C=O) groups is 1. The SMILES string of the molecule is C=C(CCNC(=C)CF)CC(N)C(=O)O.Cl. The lowest BCUT2D eigenvalue weighted by Crippen LogP contribution is -2.30. The third-order valence-corrected chi connectivity index (χ3v) is 1.84. The highest BCUT2D eigenvalue weighted by atomic mass is 35.5. The van der Waals surface area contributed by atoms with E-state index in [1.54, 1.807) is 0 Å². The lowest BCUT2D eigenvalue weighted by Gasteiger charge is -2.10. The van der Waals surface area contributed by atoms with Gasteiger partial charge in [0.1, 0.15) is 12.7 Å². The fraction of sp³-hybridized carbons (Fsp3) is 0.500. The molecule has 0 aromatic heterocycles. The molecule has 0 aliphatic carbocycles. The molecule has 16 heavy (non-hydrogen) atoms. The largest absolute Gasteiger partial charge is 0.480 e. The Balaban J connectivity index is 0. The minimum Gasteiger partial charge on any atom is -0.480 e. The average molecular weight is 253 g/mol. The molecule has 0 rings (SSSR count). The molecule has 0 radical (unpaired) electrons. The molecule has 0 spiro atoms. The van der Waals surface area contributed by atoms with Gasteiger partial charge in [0.15, 0.2) is 0 Å². The van der Waals surface area contributed by atoms with Crippen LogP contribution in [0.2, 0.25) is 0 Å². The van der Waals surface area contributed by atoms with Crippen LogP contribution < -0.4 is 11.1 Å². The summed E-state index contributed by atoms with van der Waals surface area (Å²) in [4.78, 5) is 10.4. The number of nitrogens with one attached hydrogen (secondary N) is 1. The minimum atomic E-state index is -1.04. The first kappa shape index (κ1) is 17.3. The maximum atomic E-state index is 11.9. The normalized spacial score (nSPS) is 11.1. The van der Waals surface area contributed by atoms with Crippen molar-refractivity contribution in [3.05, 3.63) is 24.4 Å². The molecule has 1 atom stereocenters. The van der Waals surface area contributed by atoms with E-state index in [1.807, 2.05) is 0 Å². The van der Waals surface area contributed by atoms with Crippen LogP contribution in [0.3, 0.4) is 0 Å². The monoisotopic (exact) mass is 252 g/mol. The number of hydrogen-bond acceptors (Lipinski definition) is 3. The van der Waals surface area contributed by atoms with Gasteiger partial charge in [-0.05, 0) is 12.8 Å². The highest BCUT2D eigenvalue weighted by Gasteiger charge is 2.12. The van der Waals surface area contributed by atoms with E-state index in [-0.39, 0.29) is 18.8 Å². The van der Waals surface area contributed by atoms with Crippen LogP contribution >= 0.6 is 12.4 Å². The molecule has 4 N–H and O–H groups in total. The Morgan fingerprint density at radius 2 is 2.06 bits per heavy atom. The van der Waals surface area contributed by atoms with E-state index in [9.17, 15) is 9.18 Å². The van der Waals surface area contributed by atoms with Crippen molar-refractivity contribution in [3.63, 3.8) is 0 Å². The van der Waals surface area contributed by atoms with Crippen molar-refractivity contribution >= 4 is 18.4 Å².